The molecular weight excluding hydrogens is 172 g/mol. The molecule has 2 N–H and O–H groups in total. The van der Waals surface area contributed by atoms with Crippen molar-refractivity contribution in [1.82, 2.24) is 4.98 Å². The van der Waals surface area contributed by atoms with Crippen molar-refractivity contribution < 1.29 is 0 Å². The van der Waals surface area contributed by atoms with Gasteiger partial charge in [0.1, 0.15) is 0 Å². The van der Waals surface area contributed by atoms with Crippen LogP contribution in [0.25, 0.3) is 0 Å². The molecule has 0 spiro atoms. The lowest BCUT2D eigenvalue weighted by atomic mass is 10.1. The van der Waals surface area contributed by atoms with Crippen molar-refractivity contribution >= 4 is 11.6 Å². The smallest absolute Gasteiger partial charge is 0.0508 e. The molecule has 0 saturated carbocycles. The fourth-order valence-electron chi connectivity index (χ4n) is 0.909. The molecule has 2 nitrogen and oxygen atoms in total. The Bertz CT molecular complexity index is 297. The molecule has 3 heteroatoms. The number of halogens is 1. The first-order valence-corrected chi connectivity index (χ1v) is 4.03. The maximum absolute atomic E-state index is 5.94. The normalized spacial score (nSPS) is 12.6. The Labute approximate surface area is 77.1 Å². The zero-order valence-electron chi connectivity index (χ0n) is 6.92. The molecule has 1 rings (SSSR count). The lowest BCUT2D eigenvalue weighted by Gasteiger charge is -2.08. The molecule has 0 unspecified atom stereocenters. The monoisotopic (exact) mass is 182 g/mol. The summed E-state index contributed by atoms with van der Waals surface area (Å²) in [6.07, 6.45) is 3.32. The minimum absolute atomic E-state index is 0.231. The van der Waals surface area contributed by atoms with Crippen molar-refractivity contribution in [2.45, 2.75) is 13.0 Å². The summed E-state index contributed by atoms with van der Waals surface area (Å²) in [5.74, 6) is 0. The van der Waals surface area contributed by atoms with Crippen LogP contribution in [-0.2, 0) is 0 Å². The second-order valence-corrected chi connectivity index (χ2v) is 3.02. The second kappa shape index (κ2) is 3.70. The molecule has 0 bridgehead atoms. The third kappa shape index (κ3) is 1.84. The summed E-state index contributed by atoms with van der Waals surface area (Å²) in [5, 5.41) is 0.648. The fourth-order valence-corrected chi connectivity index (χ4v) is 1.24. The van der Waals surface area contributed by atoms with Crippen molar-refractivity contribution in [2.75, 3.05) is 0 Å². The highest BCUT2D eigenvalue weighted by Crippen LogP contribution is 2.21. The lowest BCUT2D eigenvalue weighted by Crippen LogP contribution is -2.07. The number of nitrogens with zero attached hydrogens (tertiary/aromatic N) is 1. The van der Waals surface area contributed by atoms with E-state index in [1.807, 2.05) is 6.92 Å². The lowest BCUT2D eigenvalue weighted by molar-refractivity contribution is 0.900. The predicted octanol–water partition coefficient (Wildman–Crippen LogP) is 2.23. The molecule has 0 amide bonds. The first-order chi connectivity index (χ1) is 5.65. The minimum Gasteiger partial charge on any atom is -0.321 e. The van der Waals surface area contributed by atoms with Gasteiger partial charge in [-0.25, -0.2) is 0 Å². The Balaban J connectivity index is 3.09. The van der Waals surface area contributed by atoms with Gasteiger partial charge in [-0.3, -0.25) is 4.98 Å². The molecule has 0 aliphatic rings. The number of aromatic nitrogens is 1. The van der Waals surface area contributed by atoms with Gasteiger partial charge in [0.2, 0.25) is 0 Å². The Morgan fingerprint density at radius 1 is 1.75 bits per heavy atom. The molecule has 0 saturated heterocycles. The van der Waals surface area contributed by atoms with Crippen LogP contribution in [0.3, 0.4) is 0 Å². The van der Waals surface area contributed by atoms with Gasteiger partial charge in [-0.15, -0.1) is 6.58 Å². The Morgan fingerprint density at radius 2 is 2.42 bits per heavy atom. The third-order valence-electron chi connectivity index (χ3n) is 1.63. The van der Waals surface area contributed by atoms with Gasteiger partial charge in [0, 0.05) is 22.5 Å². The van der Waals surface area contributed by atoms with Gasteiger partial charge in [-0.1, -0.05) is 17.7 Å². The quantitative estimate of drug-likeness (QED) is 0.713. The summed E-state index contributed by atoms with van der Waals surface area (Å²) in [6.45, 7) is 5.47. The summed E-state index contributed by atoms with van der Waals surface area (Å²) in [7, 11) is 0. The molecule has 12 heavy (non-hydrogen) atoms. The van der Waals surface area contributed by atoms with Gasteiger partial charge >= 0.3 is 0 Å². The van der Waals surface area contributed by atoms with Crippen LogP contribution >= 0.6 is 11.6 Å². The van der Waals surface area contributed by atoms with E-state index in [-0.39, 0.29) is 6.04 Å². The highest BCUT2D eigenvalue weighted by Gasteiger charge is 2.06. The van der Waals surface area contributed by atoms with Crippen molar-refractivity contribution in [1.29, 1.82) is 0 Å². The van der Waals surface area contributed by atoms with Crippen LogP contribution < -0.4 is 5.73 Å². The van der Waals surface area contributed by atoms with Gasteiger partial charge in [0.05, 0.1) is 6.04 Å². The number of rotatable bonds is 2. The van der Waals surface area contributed by atoms with Gasteiger partial charge in [-0.05, 0) is 13.0 Å². The second-order valence-electron chi connectivity index (χ2n) is 2.61. The number of hydrogen-bond donors (Lipinski definition) is 1. The number of nitrogens with two attached hydrogens (primary N) is 1. The number of hydrogen-bond acceptors (Lipinski definition) is 2. The first-order valence-electron chi connectivity index (χ1n) is 3.65. The van der Waals surface area contributed by atoms with Crippen LogP contribution in [0.15, 0.2) is 24.9 Å². The maximum Gasteiger partial charge on any atom is 0.0508 e. The van der Waals surface area contributed by atoms with Crippen LogP contribution in [0.5, 0.6) is 0 Å². The largest absolute Gasteiger partial charge is 0.321 e. The van der Waals surface area contributed by atoms with Crippen LogP contribution in [0, 0.1) is 6.92 Å². The highest BCUT2D eigenvalue weighted by atomic mass is 35.5. The summed E-state index contributed by atoms with van der Waals surface area (Å²) < 4.78 is 0. The van der Waals surface area contributed by atoms with E-state index in [1.54, 1.807) is 18.3 Å². The molecule has 1 heterocycles. The Kier molecular flexibility index (Phi) is 2.84. The topological polar surface area (TPSA) is 38.9 Å². The van der Waals surface area contributed by atoms with Crippen LogP contribution in [-0.4, -0.2) is 4.98 Å². The Morgan fingerprint density at radius 3 is 2.92 bits per heavy atom. The summed E-state index contributed by atoms with van der Waals surface area (Å²) in [4.78, 5) is 4.10. The van der Waals surface area contributed by atoms with Crippen molar-refractivity contribution in [2.24, 2.45) is 5.73 Å². The molecule has 64 valence electrons. The molecule has 0 aromatic carbocycles. The molecule has 1 aromatic heterocycles. The van der Waals surface area contributed by atoms with E-state index in [0.29, 0.717) is 5.02 Å². The fraction of sp³-hybridized carbons (Fsp3) is 0.222. The zero-order valence-corrected chi connectivity index (χ0v) is 7.67. The van der Waals surface area contributed by atoms with Crippen molar-refractivity contribution in [3.63, 3.8) is 0 Å². The van der Waals surface area contributed by atoms with E-state index < -0.39 is 0 Å². The molecular formula is C9H11ClN2. The average Bonchev–Trinajstić information content (AvgIpc) is 2.03. The van der Waals surface area contributed by atoms with Gasteiger partial charge < -0.3 is 5.73 Å². The zero-order chi connectivity index (χ0) is 9.14. The third-order valence-corrected chi connectivity index (χ3v) is 1.96. The number of pyridine rings is 1. The highest BCUT2D eigenvalue weighted by molar-refractivity contribution is 6.31. The standard InChI is InChI=1S/C9H11ClN2/c1-3-9(11)7-5-12-6(2)4-8(7)10/h3-5,9H,1,11H2,2H3/t9-/m1/s1. The Hall–Kier alpha value is -0.860. The van der Waals surface area contributed by atoms with Gasteiger partial charge in [-0.2, -0.15) is 0 Å². The molecule has 0 aliphatic carbocycles. The molecule has 0 aliphatic heterocycles. The summed E-state index contributed by atoms with van der Waals surface area (Å²) in [6, 6.07) is 1.56. The van der Waals surface area contributed by atoms with Gasteiger partial charge in [0.25, 0.3) is 0 Å². The van der Waals surface area contributed by atoms with Crippen molar-refractivity contribution in [3.05, 3.63) is 41.2 Å². The van der Waals surface area contributed by atoms with E-state index in [4.69, 9.17) is 17.3 Å². The maximum atomic E-state index is 5.94. The molecule has 0 fully saturated rings. The van der Waals surface area contributed by atoms with E-state index in [2.05, 4.69) is 11.6 Å². The van der Waals surface area contributed by atoms with E-state index >= 15 is 0 Å². The predicted molar refractivity (Wildman–Crippen MR) is 51.1 cm³/mol. The van der Waals surface area contributed by atoms with Crippen LogP contribution in [0.2, 0.25) is 5.02 Å². The molecule has 0 radical (unpaired) electrons. The number of aryl methyl sites for hydroxylation is 1. The molecule has 1 atom stereocenters. The minimum atomic E-state index is -0.231. The van der Waals surface area contributed by atoms with Gasteiger partial charge in [0.15, 0.2) is 0 Å². The van der Waals surface area contributed by atoms with E-state index in [1.165, 1.54) is 0 Å². The first kappa shape index (κ1) is 9.23. The van der Waals surface area contributed by atoms with Crippen LogP contribution in [0.4, 0.5) is 0 Å². The SMILES string of the molecule is C=C[C@@H](N)c1cnc(C)cc1Cl. The van der Waals surface area contributed by atoms with Crippen molar-refractivity contribution in [3.8, 4) is 0 Å². The van der Waals surface area contributed by atoms with Crippen LogP contribution in [0.1, 0.15) is 17.3 Å². The summed E-state index contributed by atoms with van der Waals surface area (Å²) >= 11 is 5.94. The molecule has 1 aromatic rings. The summed E-state index contributed by atoms with van der Waals surface area (Å²) in [5.41, 5.74) is 7.41. The van der Waals surface area contributed by atoms with E-state index in [0.717, 1.165) is 11.3 Å². The van der Waals surface area contributed by atoms with E-state index in [9.17, 15) is 0 Å². The average molecular weight is 183 g/mol.